The van der Waals surface area contributed by atoms with Crippen LogP contribution in [0.4, 0.5) is 4.39 Å². The smallest absolute Gasteiger partial charge is 0.340 e. The van der Waals surface area contributed by atoms with E-state index in [-0.39, 0.29) is 5.92 Å². The SMILES string of the molecule is CCCC(C)C(F)C(=O)OC. The zero-order chi connectivity index (χ0) is 8.85. The summed E-state index contributed by atoms with van der Waals surface area (Å²) >= 11 is 0. The van der Waals surface area contributed by atoms with E-state index in [1.165, 1.54) is 7.11 Å². The third-order valence-corrected chi connectivity index (χ3v) is 1.67. The number of rotatable bonds is 4. The minimum absolute atomic E-state index is 0.229. The van der Waals surface area contributed by atoms with Crippen molar-refractivity contribution in [3.63, 3.8) is 0 Å². The number of esters is 1. The third-order valence-electron chi connectivity index (χ3n) is 1.67. The van der Waals surface area contributed by atoms with E-state index in [1.807, 2.05) is 6.92 Å². The molecule has 0 aliphatic rings. The Hall–Kier alpha value is -0.600. The molecule has 0 aromatic carbocycles. The molecule has 0 aliphatic carbocycles. The normalized spacial score (nSPS) is 15.6. The van der Waals surface area contributed by atoms with Crippen molar-refractivity contribution in [2.24, 2.45) is 5.92 Å². The Balaban J connectivity index is 3.80. The molecule has 0 aromatic rings. The van der Waals surface area contributed by atoms with Crippen molar-refractivity contribution < 1.29 is 13.9 Å². The molecule has 0 saturated heterocycles. The number of hydrogen-bond acceptors (Lipinski definition) is 2. The Morgan fingerprint density at radius 3 is 2.55 bits per heavy atom. The van der Waals surface area contributed by atoms with E-state index < -0.39 is 12.1 Å². The topological polar surface area (TPSA) is 26.3 Å². The summed E-state index contributed by atoms with van der Waals surface area (Å²) in [5.41, 5.74) is 0. The largest absolute Gasteiger partial charge is 0.467 e. The van der Waals surface area contributed by atoms with Gasteiger partial charge < -0.3 is 4.74 Å². The van der Waals surface area contributed by atoms with Crippen molar-refractivity contribution in [3.8, 4) is 0 Å². The van der Waals surface area contributed by atoms with E-state index in [9.17, 15) is 9.18 Å². The molecule has 0 saturated carbocycles. The second-order valence-electron chi connectivity index (χ2n) is 2.69. The maximum Gasteiger partial charge on any atom is 0.340 e. The average Bonchev–Trinajstić information content (AvgIpc) is 2.02. The number of carbonyl (C=O) groups excluding carboxylic acids is 1. The lowest BCUT2D eigenvalue weighted by Crippen LogP contribution is -2.24. The predicted octanol–water partition coefficient (Wildman–Crippen LogP) is 1.93. The zero-order valence-electron chi connectivity index (χ0n) is 7.26. The first-order chi connectivity index (χ1) is 5.13. The van der Waals surface area contributed by atoms with Crippen LogP contribution in [0.5, 0.6) is 0 Å². The monoisotopic (exact) mass is 162 g/mol. The summed E-state index contributed by atoms with van der Waals surface area (Å²) < 4.78 is 17.2. The van der Waals surface area contributed by atoms with Crippen LogP contribution in [0.15, 0.2) is 0 Å². The summed E-state index contributed by atoms with van der Waals surface area (Å²) in [5.74, 6) is -0.988. The van der Waals surface area contributed by atoms with E-state index in [4.69, 9.17) is 0 Å². The lowest BCUT2D eigenvalue weighted by Gasteiger charge is -2.12. The fourth-order valence-electron chi connectivity index (χ4n) is 0.947. The second kappa shape index (κ2) is 5.10. The number of methoxy groups -OCH3 is 1. The van der Waals surface area contributed by atoms with Gasteiger partial charge in [0, 0.05) is 0 Å². The first-order valence-corrected chi connectivity index (χ1v) is 3.85. The van der Waals surface area contributed by atoms with Gasteiger partial charge in [0.1, 0.15) is 0 Å². The average molecular weight is 162 g/mol. The van der Waals surface area contributed by atoms with Gasteiger partial charge in [-0.25, -0.2) is 9.18 Å². The maximum atomic E-state index is 12.9. The van der Waals surface area contributed by atoms with Crippen molar-refractivity contribution in [2.75, 3.05) is 7.11 Å². The highest BCUT2D eigenvalue weighted by molar-refractivity contribution is 5.74. The molecule has 0 rings (SSSR count). The van der Waals surface area contributed by atoms with E-state index in [1.54, 1.807) is 6.92 Å². The van der Waals surface area contributed by atoms with Crippen LogP contribution in [-0.4, -0.2) is 19.3 Å². The van der Waals surface area contributed by atoms with Crippen LogP contribution in [0.25, 0.3) is 0 Å². The second-order valence-corrected chi connectivity index (χ2v) is 2.69. The van der Waals surface area contributed by atoms with Crippen LogP contribution in [-0.2, 0) is 9.53 Å². The van der Waals surface area contributed by atoms with Gasteiger partial charge in [-0.15, -0.1) is 0 Å². The fourth-order valence-corrected chi connectivity index (χ4v) is 0.947. The molecule has 0 fully saturated rings. The standard InChI is InChI=1S/C8H15FO2/c1-4-5-6(2)7(9)8(10)11-3/h6-7H,4-5H2,1-3H3. The molecule has 0 bridgehead atoms. The van der Waals surface area contributed by atoms with Crippen LogP contribution >= 0.6 is 0 Å². The van der Waals surface area contributed by atoms with Gasteiger partial charge in [-0.3, -0.25) is 0 Å². The molecule has 0 amide bonds. The minimum Gasteiger partial charge on any atom is -0.467 e. The summed E-state index contributed by atoms with van der Waals surface area (Å²) in [7, 11) is 1.20. The molecule has 0 aliphatic heterocycles. The fraction of sp³-hybridized carbons (Fsp3) is 0.875. The number of carbonyl (C=O) groups is 1. The lowest BCUT2D eigenvalue weighted by atomic mass is 10.0. The van der Waals surface area contributed by atoms with Gasteiger partial charge in [-0.1, -0.05) is 20.3 Å². The van der Waals surface area contributed by atoms with Crippen LogP contribution < -0.4 is 0 Å². The predicted molar refractivity (Wildman–Crippen MR) is 41.0 cm³/mol. The Kier molecular flexibility index (Phi) is 4.83. The maximum absolute atomic E-state index is 12.9. The summed E-state index contributed by atoms with van der Waals surface area (Å²) in [6.07, 6.45) is 0.148. The number of halogens is 1. The van der Waals surface area contributed by atoms with Gasteiger partial charge in [0.05, 0.1) is 7.11 Å². The van der Waals surface area contributed by atoms with E-state index in [0.29, 0.717) is 0 Å². The van der Waals surface area contributed by atoms with Gasteiger partial charge in [-0.05, 0) is 12.3 Å². The molecule has 0 aromatic heterocycles. The summed E-state index contributed by atoms with van der Waals surface area (Å²) in [6, 6.07) is 0. The number of hydrogen-bond donors (Lipinski definition) is 0. The molecular weight excluding hydrogens is 147 g/mol. The number of alkyl halides is 1. The molecule has 0 spiro atoms. The lowest BCUT2D eigenvalue weighted by molar-refractivity contribution is -0.148. The molecule has 2 nitrogen and oxygen atoms in total. The van der Waals surface area contributed by atoms with Gasteiger partial charge in [0.15, 0.2) is 6.17 Å². The van der Waals surface area contributed by atoms with Crippen LogP contribution in [0.3, 0.4) is 0 Å². The highest BCUT2D eigenvalue weighted by Crippen LogP contribution is 2.14. The first kappa shape index (κ1) is 10.4. The molecule has 11 heavy (non-hydrogen) atoms. The molecular formula is C8H15FO2. The van der Waals surface area contributed by atoms with E-state index in [2.05, 4.69) is 4.74 Å². The highest BCUT2D eigenvalue weighted by Gasteiger charge is 2.24. The summed E-state index contributed by atoms with van der Waals surface area (Å²) in [6.45, 7) is 3.67. The molecule has 0 N–H and O–H groups in total. The summed E-state index contributed by atoms with van der Waals surface area (Å²) in [4.78, 5) is 10.6. The van der Waals surface area contributed by atoms with Crippen LogP contribution in [0.1, 0.15) is 26.7 Å². The summed E-state index contributed by atoms with van der Waals surface area (Å²) in [5, 5.41) is 0. The minimum atomic E-state index is -1.46. The van der Waals surface area contributed by atoms with Crippen molar-refractivity contribution in [2.45, 2.75) is 32.9 Å². The molecule has 2 unspecified atom stereocenters. The molecule has 66 valence electrons. The Labute approximate surface area is 66.7 Å². The van der Waals surface area contributed by atoms with Gasteiger partial charge in [0.2, 0.25) is 0 Å². The van der Waals surface area contributed by atoms with Crippen LogP contribution in [0, 0.1) is 5.92 Å². The number of ether oxygens (including phenoxy) is 1. The third kappa shape index (κ3) is 3.35. The van der Waals surface area contributed by atoms with Gasteiger partial charge in [-0.2, -0.15) is 0 Å². The first-order valence-electron chi connectivity index (χ1n) is 3.85. The van der Waals surface area contributed by atoms with E-state index >= 15 is 0 Å². The Bertz CT molecular complexity index is 125. The Morgan fingerprint density at radius 2 is 2.18 bits per heavy atom. The Morgan fingerprint density at radius 1 is 1.64 bits per heavy atom. The molecule has 2 atom stereocenters. The quantitative estimate of drug-likeness (QED) is 0.590. The van der Waals surface area contributed by atoms with Crippen molar-refractivity contribution in [1.82, 2.24) is 0 Å². The zero-order valence-corrected chi connectivity index (χ0v) is 7.26. The van der Waals surface area contributed by atoms with Crippen LogP contribution in [0.2, 0.25) is 0 Å². The van der Waals surface area contributed by atoms with Gasteiger partial charge in [0.25, 0.3) is 0 Å². The van der Waals surface area contributed by atoms with Crippen molar-refractivity contribution in [1.29, 1.82) is 0 Å². The van der Waals surface area contributed by atoms with Crippen molar-refractivity contribution >= 4 is 5.97 Å². The molecule has 0 radical (unpaired) electrons. The van der Waals surface area contributed by atoms with Gasteiger partial charge >= 0.3 is 5.97 Å². The van der Waals surface area contributed by atoms with E-state index in [0.717, 1.165) is 12.8 Å². The molecule has 3 heteroatoms. The highest BCUT2D eigenvalue weighted by atomic mass is 19.1. The van der Waals surface area contributed by atoms with Crippen molar-refractivity contribution in [3.05, 3.63) is 0 Å². The molecule has 0 heterocycles.